The van der Waals surface area contributed by atoms with Gasteiger partial charge in [0.1, 0.15) is 0 Å². The standard InChI is InChI=1S/C16H23NO3/c18-15(11-5-1-2-6-11)17-10-9-13(16(19)20)12-7-3-4-8-14(12)17/h1-2,11-14H,3-10H2,(H,19,20). The van der Waals surface area contributed by atoms with E-state index < -0.39 is 5.97 Å². The van der Waals surface area contributed by atoms with E-state index in [4.69, 9.17) is 0 Å². The molecule has 4 nitrogen and oxygen atoms in total. The molecule has 1 aliphatic heterocycles. The first-order chi connectivity index (χ1) is 9.68. The molecule has 20 heavy (non-hydrogen) atoms. The van der Waals surface area contributed by atoms with Gasteiger partial charge in [0.2, 0.25) is 5.91 Å². The maximum Gasteiger partial charge on any atom is 0.306 e. The van der Waals surface area contributed by atoms with E-state index in [2.05, 4.69) is 12.2 Å². The maximum atomic E-state index is 12.7. The van der Waals surface area contributed by atoms with Crippen molar-refractivity contribution in [2.75, 3.05) is 6.54 Å². The summed E-state index contributed by atoms with van der Waals surface area (Å²) < 4.78 is 0. The topological polar surface area (TPSA) is 57.6 Å². The number of hydrogen-bond donors (Lipinski definition) is 1. The molecule has 1 heterocycles. The van der Waals surface area contributed by atoms with E-state index >= 15 is 0 Å². The fourth-order valence-corrected chi connectivity index (χ4v) is 4.29. The van der Waals surface area contributed by atoms with E-state index in [1.807, 2.05) is 4.90 Å². The van der Waals surface area contributed by atoms with Gasteiger partial charge < -0.3 is 10.0 Å². The molecule has 1 amide bonds. The molecule has 3 aliphatic rings. The summed E-state index contributed by atoms with van der Waals surface area (Å²) in [6.45, 7) is 0.632. The third-order valence-corrected chi connectivity index (χ3v) is 5.34. The predicted molar refractivity (Wildman–Crippen MR) is 75.1 cm³/mol. The van der Waals surface area contributed by atoms with Gasteiger partial charge in [0, 0.05) is 18.5 Å². The highest BCUT2D eigenvalue weighted by Gasteiger charge is 2.44. The van der Waals surface area contributed by atoms with Crippen LogP contribution in [0.3, 0.4) is 0 Å². The highest BCUT2D eigenvalue weighted by Crippen LogP contribution is 2.40. The monoisotopic (exact) mass is 277 g/mol. The molecule has 0 bridgehead atoms. The number of rotatable bonds is 2. The lowest BCUT2D eigenvalue weighted by Crippen LogP contribution is -2.55. The summed E-state index contributed by atoms with van der Waals surface area (Å²) >= 11 is 0. The van der Waals surface area contributed by atoms with Gasteiger partial charge in [0.05, 0.1) is 5.92 Å². The first-order valence-electron chi connectivity index (χ1n) is 7.86. The van der Waals surface area contributed by atoms with Crippen LogP contribution in [0.1, 0.15) is 44.9 Å². The predicted octanol–water partition coefficient (Wildman–Crippen LogP) is 2.44. The number of nitrogens with zero attached hydrogens (tertiary/aromatic N) is 1. The molecule has 0 radical (unpaired) electrons. The lowest BCUT2D eigenvalue weighted by molar-refractivity contribution is -0.155. The van der Waals surface area contributed by atoms with Crippen LogP contribution in [0.4, 0.5) is 0 Å². The summed E-state index contributed by atoms with van der Waals surface area (Å²) in [6, 6.07) is 0.173. The van der Waals surface area contributed by atoms with E-state index in [0.717, 1.165) is 38.5 Å². The number of carboxylic acids is 1. The zero-order chi connectivity index (χ0) is 14.1. The summed E-state index contributed by atoms with van der Waals surface area (Å²) in [5, 5.41) is 9.40. The van der Waals surface area contributed by atoms with Gasteiger partial charge in [-0.3, -0.25) is 9.59 Å². The van der Waals surface area contributed by atoms with Gasteiger partial charge in [0.25, 0.3) is 0 Å². The summed E-state index contributed by atoms with van der Waals surface area (Å²) in [6.07, 6.45) is 10.7. The number of aliphatic carboxylic acids is 1. The number of piperidine rings is 1. The van der Waals surface area contributed by atoms with Crippen LogP contribution < -0.4 is 0 Å². The van der Waals surface area contributed by atoms with Crippen molar-refractivity contribution in [1.29, 1.82) is 0 Å². The van der Waals surface area contributed by atoms with Gasteiger partial charge in [0.15, 0.2) is 0 Å². The first-order valence-corrected chi connectivity index (χ1v) is 7.86. The Hall–Kier alpha value is -1.32. The molecule has 2 fully saturated rings. The summed E-state index contributed by atoms with van der Waals surface area (Å²) in [4.78, 5) is 26.1. The van der Waals surface area contributed by atoms with Crippen molar-refractivity contribution in [2.45, 2.75) is 51.0 Å². The zero-order valence-electron chi connectivity index (χ0n) is 11.8. The second-order valence-corrected chi connectivity index (χ2v) is 6.42. The van der Waals surface area contributed by atoms with E-state index in [0.29, 0.717) is 13.0 Å². The molecule has 110 valence electrons. The number of fused-ring (bicyclic) bond motifs is 1. The molecule has 0 aromatic heterocycles. The molecule has 1 saturated heterocycles. The second-order valence-electron chi connectivity index (χ2n) is 6.42. The molecule has 4 heteroatoms. The van der Waals surface area contributed by atoms with Crippen LogP contribution in [0, 0.1) is 17.8 Å². The zero-order valence-corrected chi connectivity index (χ0v) is 11.8. The van der Waals surface area contributed by atoms with Gasteiger partial charge in [-0.15, -0.1) is 0 Å². The van der Waals surface area contributed by atoms with Crippen molar-refractivity contribution in [3.8, 4) is 0 Å². The molecule has 3 atom stereocenters. The van der Waals surface area contributed by atoms with Crippen LogP contribution >= 0.6 is 0 Å². The average molecular weight is 277 g/mol. The van der Waals surface area contributed by atoms with E-state index in [1.54, 1.807) is 0 Å². The van der Waals surface area contributed by atoms with Crippen LogP contribution in [0.25, 0.3) is 0 Å². The van der Waals surface area contributed by atoms with Crippen molar-refractivity contribution >= 4 is 11.9 Å². The molecule has 3 rings (SSSR count). The Bertz CT molecular complexity index is 423. The lowest BCUT2D eigenvalue weighted by atomic mass is 9.71. The molecule has 1 N–H and O–H groups in total. The second kappa shape index (κ2) is 5.58. The number of carboxylic acid groups (broad SMARTS) is 1. The van der Waals surface area contributed by atoms with Gasteiger partial charge in [-0.05, 0) is 38.0 Å². The maximum absolute atomic E-state index is 12.7. The third-order valence-electron chi connectivity index (χ3n) is 5.34. The van der Waals surface area contributed by atoms with Crippen molar-refractivity contribution in [3.63, 3.8) is 0 Å². The normalized spacial score (nSPS) is 34.0. The number of carbonyl (C=O) groups is 2. The molecule has 2 aliphatic carbocycles. The highest BCUT2D eigenvalue weighted by atomic mass is 16.4. The largest absolute Gasteiger partial charge is 0.481 e. The number of allylic oxidation sites excluding steroid dienone is 2. The van der Waals surface area contributed by atoms with Crippen molar-refractivity contribution < 1.29 is 14.7 Å². The Morgan fingerprint density at radius 2 is 1.75 bits per heavy atom. The summed E-state index contributed by atoms with van der Waals surface area (Å²) in [5.74, 6) is -0.370. The van der Waals surface area contributed by atoms with Crippen molar-refractivity contribution in [2.24, 2.45) is 17.8 Å². The van der Waals surface area contributed by atoms with Crippen LogP contribution in [0.2, 0.25) is 0 Å². The number of hydrogen-bond acceptors (Lipinski definition) is 2. The van der Waals surface area contributed by atoms with Crippen molar-refractivity contribution in [1.82, 2.24) is 4.90 Å². The molecular weight excluding hydrogens is 254 g/mol. The van der Waals surface area contributed by atoms with Gasteiger partial charge in [-0.1, -0.05) is 25.0 Å². The molecule has 0 aromatic rings. The Labute approximate surface area is 119 Å². The van der Waals surface area contributed by atoms with Gasteiger partial charge in [-0.2, -0.15) is 0 Å². The molecule has 0 spiro atoms. The van der Waals surface area contributed by atoms with Crippen LogP contribution in [0.15, 0.2) is 12.2 Å². The summed E-state index contributed by atoms with van der Waals surface area (Å²) in [5.41, 5.74) is 0. The SMILES string of the molecule is O=C(O)C1CCN(C(=O)C2CC=CC2)C2CCCCC12. The average Bonchev–Trinajstić information content (AvgIpc) is 2.99. The number of likely N-dealkylation sites (tertiary alicyclic amines) is 1. The number of amides is 1. The lowest BCUT2D eigenvalue weighted by Gasteiger charge is -2.47. The Morgan fingerprint density at radius 3 is 2.45 bits per heavy atom. The minimum atomic E-state index is -0.670. The van der Waals surface area contributed by atoms with Crippen LogP contribution in [0.5, 0.6) is 0 Å². The minimum Gasteiger partial charge on any atom is -0.481 e. The van der Waals surface area contributed by atoms with E-state index in [9.17, 15) is 14.7 Å². The van der Waals surface area contributed by atoms with Gasteiger partial charge >= 0.3 is 5.97 Å². The first kappa shape index (κ1) is 13.7. The molecule has 0 aromatic carbocycles. The summed E-state index contributed by atoms with van der Waals surface area (Å²) in [7, 11) is 0. The molecule has 3 unspecified atom stereocenters. The van der Waals surface area contributed by atoms with Crippen LogP contribution in [-0.2, 0) is 9.59 Å². The smallest absolute Gasteiger partial charge is 0.306 e. The third kappa shape index (κ3) is 2.36. The highest BCUT2D eigenvalue weighted by molar-refractivity contribution is 5.80. The van der Waals surface area contributed by atoms with Crippen molar-refractivity contribution in [3.05, 3.63) is 12.2 Å². The van der Waals surface area contributed by atoms with Gasteiger partial charge in [-0.25, -0.2) is 0 Å². The van der Waals surface area contributed by atoms with E-state index in [1.165, 1.54) is 0 Å². The fourth-order valence-electron chi connectivity index (χ4n) is 4.29. The fraction of sp³-hybridized carbons (Fsp3) is 0.750. The number of carbonyl (C=O) groups excluding carboxylic acids is 1. The molecule has 1 saturated carbocycles. The molecular formula is C16H23NO3. The van der Waals surface area contributed by atoms with E-state index in [-0.39, 0.29) is 29.7 Å². The Morgan fingerprint density at radius 1 is 1.05 bits per heavy atom. The Kier molecular flexibility index (Phi) is 3.81. The Balaban J connectivity index is 1.75. The van der Waals surface area contributed by atoms with Crippen LogP contribution in [-0.4, -0.2) is 34.5 Å². The minimum absolute atomic E-state index is 0.110. The quantitative estimate of drug-likeness (QED) is 0.789.